The summed E-state index contributed by atoms with van der Waals surface area (Å²) in [5.74, 6) is -1.92. The first-order valence-electron chi connectivity index (χ1n) is 19.2. The molecule has 0 aliphatic carbocycles. The summed E-state index contributed by atoms with van der Waals surface area (Å²) < 4.78 is 75.4. The van der Waals surface area contributed by atoms with Gasteiger partial charge in [-0.15, -0.1) is 0 Å². The lowest BCUT2D eigenvalue weighted by molar-refractivity contribution is -0.385. The van der Waals surface area contributed by atoms with Gasteiger partial charge in [-0.05, 0) is 18.1 Å². The lowest BCUT2D eigenvalue weighted by atomic mass is 10.0. The first-order chi connectivity index (χ1) is 31.1. The third-order valence-corrected chi connectivity index (χ3v) is 11.5. The molecule has 0 bridgehead atoms. The number of alkyl carbamates (subject to hydrolysis) is 1. The summed E-state index contributed by atoms with van der Waals surface area (Å²) in [6.07, 6.45) is -9.05. The minimum Gasteiger partial charge on any atom is -0.493 e. The number of phosphoric ester groups is 2. The Morgan fingerprint density at radius 1 is 1.03 bits per heavy atom. The molecule has 6 rings (SSSR count). The number of ether oxygens (including phenoxy) is 6. The van der Waals surface area contributed by atoms with Crippen molar-refractivity contribution in [3.8, 4) is 11.5 Å². The number of imidazole rings is 1. The number of aromatic nitrogens is 6. The first kappa shape index (κ1) is 49.5. The number of amides is 1. The molecule has 32 heteroatoms. The van der Waals surface area contributed by atoms with Crippen molar-refractivity contribution in [1.29, 1.82) is 0 Å². The number of nitrogens with zero attached hydrogens (tertiary/aromatic N) is 7. The zero-order chi connectivity index (χ0) is 48.2. The average molecular weight is 975 g/mol. The van der Waals surface area contributed by atoms with E-state index < -0.39 is 119 Å². The maximum atomic E-state index is 13.9. The van der Waals surface area contributed by atoms with Crippen molar-refractivity contribution in [2.75, 3.05) is 38.9 Å². The maximum absolute atomic E-state index is 13.9. The Balaban J connectivity index is 1.20. The molecule has 3 aromatic heterocycles. The number of phosphoric acid groups is 2. The van der Waals surface area contributed by atoms with Crippen molar-refractivity contribution in [3.63, 3.8) is 0 Å². The van der Waals surface area contributed by atoms with Crippen molar-refractivity contribution in [1.82, 2.24) is 34.4 Å². The molecule has 2 saturated heterocycles. The van der Waals surface area contributed by atoms with E-state index in [0.717, 1.165) is 17.0 Å². The SMILES string of the molecule is COc1cc(COC(=O)N[C@H](C(=O)O[C@H]2[C@@H](O)[C@H](n3cnc4c(N)ncnc43)O[C@@H]2COP(=O)(O)O[C@H]2C[C@H](n3ccc(N)nc3=O)O[C@@H]2COP(=O)(O)O)C(C)C)c([N+](=O)[O-])cc1OC. The smallest absolute Gasteiger partial charge is 0.472 e. The molecule has 5 heterocycles. The third-order valence-electron chi connectivity index (χ3n) is 9.98. The fraction of sp³-hybridized carbons (Fsp3) is 0.500. The van der Waals surface area contributed by atoms with Gasteiger partial charge in [0.1, 0.15) is 61.0 Å². The monoisotopic (exact) mass is 974 g/mol. The predicted molar refractivity (Wildman–Crippen MR) is 218 cm³/mol. The fourth-order valence-corrected chi connectivity index (χ4v) is 8.12. The number of aliphatic hydroxyl groups excluding tert-OH is 1. The number of benzene rings is 1. The lowest BCUT2D eigenvalue weighted by Gasteiger charge is -2.26. The largest absolute Gasteiger partial charge is 0.493 e. The molecule has 1 amide bonds. The molecule has 2 fully saturated rings. The first-order valence-corrected chi connectivity index (χ1v) is 22.3. The molecule has 9 N–H and O–H groups in total. The minimum atomic E-state index is -5.29. The van der Waals surface area contributed by atoms with Gasteiger partial charge in [0.25, 0.3) is 5.69 Å². The second-order valence-electron chi connectivity index (χ2n) is 14.7. The van der Waals surface area contributed by atoms with Crippen molar-refractivity contribution < 1.29 is 85.4 Å². The number of nitrogens with two attached hydrogens (primary N) is 2. The van der Waals surface area contributed by atoms with Gasteiger partial charge in [0, 0.05) is 12.6 Å². The number of hydrogen-bond donors (Lipinski definition) is 7. The van der Waals surface area contributed by atoms with Crippen LogP contribution in [0.3, 0.4) is 0 Å². The number of anilines is 2. The van der Waals surface area contributed by atoms with E-state index >= 15 is 0 Å². The molecule has 1 aromatic carbocycles. The summed E-state index contributed by atoms with van der Waals surface area (Å²) in [6, 6.07) is 2.06. The Bertz CT molecular complexity index is 2590. The zero-order valence-electron chi connectivity index (χ0n) is 35.0. The van der Waals surface area contributed by atoms with Crippen molar-refractivity contribution in [2.24, 2.45) is 5.92 Å². The topological polar surface area (TPSA) is 418 Å². The van der Waals surface area contributed by atoms with Crippen molar-refractivity contribution in [3.05, 3.63) is 63.2 Å². The van der Waals surface area contributed by atoms with E-state index in [1.165, 1.54) is 57.3 Å². The van der Waals surface area contributed by atoms with E-state index in [1.54, 1.807) is 0 Å². The molecule has 9 atom stereocenters. The number of nitro groups is 1. The fourth-order valence-electron chi connectivity index (χ4n) is 6.82. The van der Waals surface area contributed by atoms with Crippen LogP contribution in [-0.4, -0.2) is 130 Å². The number of fused-ring (bicyclic) bond motifs is 1. The van der Waals surface area contributed by atoms with Gasteiger partial charge in [-0.1, -0.05) is 13.8 Å². The minimum absolute atomic E-state index is 0.0360. The Labute approximate surface area is 371 Å². The molecule has 360 valence electrons. The number of nitro benzene ring substituents is 1. The second kappa shape index (κ2) is 20.3. The molecule has 0 radical (unpaired) electrons. The highest BCUT2D eigenvalue weighted by molar-refractivity contribution is 7.47. The predicted octanol–water partition coefficient (Wildman–Crippen LogP) is 0.193. The normalized spacial score (nSPS) is 23.3. The number of esters is 1. The van der Waals surface area contributed by atoms with E-state index in [-0.39, 0.29) is 46.3 Å². The Morgan fingerprint density at radius 3 is 2.38 bits per heavy atom. The number of carbonyl (C=O) groups is 2. The van der Waals surface area contributed by atoms with E-state index in [0.29, 0.717) is 0 Å². The molecule has 66 heavy (non-hydrogen) atoms. The molecule has 1 unspecified atom stereocenters. The van der Waals surface area contributed by atoms with E-state index in [9.17, 15) is 53.4 Å². The molecule has 2 aliphatic heterocycles. The highest BCUT2D eigenvalue weighted by Gasteiger charge is 2.50. The molecule has 2 aliphatic rings. The van der Waals surface area contributed by atoms with Gasteiger partial charge in [-0.25, -0.2) is 38.5 Å². The van der Waals surface area contributed by atoms with Crippen LogP contribution in [0.2, 0.25) is 0 Å². The standard InChI is InChI=1S/C34H44N10O20P2/c1-15(2)25(41-34(48)58-10-16-7-18(56-3)19(57-4)8-17(16)44(49)50)32(46)63-28-22(62-31(27(28)45)43-14-39-26-29(36)37-13-38-30(26)43)12-60-66(54,55)64-20-9-24(42-6-5-23(35)40-33(42)47)61-21(20)11-59-65(51,52)53/h5-8,13-15,20-22,24-25,27-28,31,45H,9-12H2,1-4H3,(H,41,48)(H,54,55)(H2,35,40,47)(H2,36,37,38)(H2,51,52,53)/t20-,21+,22+,24+,25-,27+,28+,31+/m0/s1. The number of nitrogens with one attached hydrogen (secondary N) is 1. The molecule has 30 nitrogen and oxygen atoms in total. The van der Waals surface area contributed by atoms with Gasteiger partial charge in [0.15, 0.2) is 35.3 Å². The van der Waals surface area contributed by atoms with Crippen molar-refractivity contribution >= 4 is 56.2 Å². The van der Waals surface area contributed by atoms with Gasteiger partial charge in [0.2, 0.25) is 0 Å². The van der Waals surface area contributed by atoms with Crippen LogP contribution in [0.1, 0.15) is 38.3 Å². The number of aliphatic hydroxyl groups is 1. The van der Waals surface area contributed by atoms with E-state index in [4.69, 9.17) is 48.9 Å². The maximum Gasteiger partial charge on any atom is 0.472 e. The molecular weight excluding hydrogens is 930 g/mol. The molecule has 4 aromatic rings. The van der Waals surface area contributed by atoms with Gasteiger partial charge in [-0.2, -0.15) is 4.98 Å². The van der Waals surface area contributed by atoms with Crippen LogP contribution in [-0.2, 0) is 53.1 Å². The number of methoxy groups -OCH3 is 2. The molecule has 0 saturated carbocycles. The molecular formula is C34H44N10O20P2. The van der Waals surface area contributed by atoms with E-state index in [1.807, 2.05) is 0 Å². The van der Waals surface area contributed by atoms with Gasteiger partial charge in [0.05, 0.1) is 50.3 Å². The van der Waals surface area contributed by atoms with Crippen LogP contribution in [0.15, 0.2) is 41.8 Å². The zero-order valence-corrected chi connectivity index (χ0v) is 36.8. The Morgan fingerprint density at radius 2 is 1.73 bits per heavy atom. The summed E-state index contributed by atoms with van der Waals surface area (Å²) >= 11 is 0. The Hall–Kier alpha value is -5.91. The number of hydrogen-bond acceptors (Lipinski definition) is 23. The second-order valence-corrected chi connectivity index (χ2v) is 17.3. The number of nitrogen functional groups attached to an aromatic ring is 2. The van der Waals surface area contributed by atoms with Gasteiger partial charge in [-0.3, -0.25) is 32.8 Å². The summed E-state index contributed by atoms with van der Waals surface area (Å²) in [5.41, 5.74) is 10.2. The average Bonchev–Trinajstić information content (AvgIpc) is 3.94. The van der Waals surface area contributed by atoms with Crippen molar-refractivity contribution in [2.45, 2.75) is 75.9 Å². The Kier molecular flexibility index (Phi) is 15.2. The van der Waals surface area contributed by atoms with Crippen LogP contribution >= 0.6 is 15.6 Å². The summed E-state index contributed by atoms with van der Waals surface area (Å²) in [7, 11) is -7.83. The molecule has 0 spiro atoms. The highest BCUT2D eigenvalue weighted by Crippen LogP contribution is 2.50. The number of rotatable bonds is 19. The summed E-state index contributed by atoms with van der Waals surface area (Å²) in [6.45, 7) is 0.538. The van der Waals surface area contributed by atoms with Crippen LogP contribution in [0.5, 0.6) is 11.5 Å². The van der Waals surface area contributed by atoms with Crippen LogP contribution in [0.4, 0.5) is 22.1 Å². The third kappa shape index (κ3) is 11.5. The quantitative estimate of drug-likeness (QED) is 0.0285. The summed E-state index contributed by atoms with van der Waals surface area (Å²) in [4.78, 5) is 95.8. The van der Waals surface area contributed by atoms with Gasteiger partial charge >= 0.3 is 33.4 Å². The highest BCUT2D eigenvalue weighted by atomic mass is 31.2. The van der Waals surface area contributed by atoms with Crippen LogP contribution < -0.4 is 31.9 Å². The number of carbonyl (C=O) groups excluding carboxylic acids is 2. The van der Waals surface area contributed by atoms with Crippen LogP contribution in [0, 0.1) is 16.0 Å². The van der Waals surface area contributed by atoms with Gasteiger partial charge < -0.3 is 65.0 Å². The lowest BCUT2D eigenvalue weighted by Crippen LogP contribution is -2.49. The van der Waals surface area contributed by atoms with E-state index in [2.05, 4.69) is 29.8 Å². The summed E-state index contributed by atoms with van der Waals surface area (Å²) in [5, 5.41) is 25.8. The van der Waals surface area contributed by atoms with Crippen LogP contribution in [0.25, 0.3) is 11.2 Å².